The van der Waals surface area contributed by atoms with Crippen molar-refractivity contribution in [2.75, 3.05) is 0 Å². The molecule has 0 bridgehead atoms. The maximum atomic E-state index is 12.5. The van der Waals surface area contributed by atoms with E-state index < -0.39 is 11.7 Å². The van der Waals surface area contributed by atoms with E-state index in [0.717, 1.165) is 30.9 Å². The lowest BCUT2D eigenvalue weighted by atomic mass is 10.0. The molecule has 0 aliphatic carbocycles. The molecule has 102 valence electrons. The van der Waals surface area contributed by atoms with Gasteiger partial charge >= 0.3 is 6.18 Å². The van der Waals surface area contributed by atoms with E-state index in [2.05, 4.69) is 6.92 Å². The molecule has 1 aromatic carbocycles. The Labute approximate surface area is 107 Å². The van der Waals surface area contributed by atoms with Crippen LogP contribution in [0.3, 0.4) is 0 Å². The van der Waals surface area contributed by atoms with Crippen molar-refractivity contribution >= 4 is 0 Å². The molecule has 0 fully saturated rings. The highest BCUT2D eigenvalue weighted by Gasteiger charge is 2.30. The first-order valence-corrected chi connectivity index (χ1v) is 6.70. The van der Waals surface area contributed by atoms with Crippen LogP contribution in [-0.4, -0.2) is 0 Å². The first kappa shape index (κ1) is 15.1. The van der Waals surface area contributed by atoms with Crippen LogP contribution in [-0.2, 0) is 12.6 Å². The van der Waals surface area contributed by atoms with E-state index in [1.54, 1.807) is 6.07 Å². The van der Waals surface area contributed by atoms with E-state index in [4.69, 9.17) is 0 Å². The summed E-state index contributed by atoms with van der Waals surface area (Å²) in [5.41, 5.74) is 0.256. The van der Waals surface area contributed by atoms with Crippen LogP contribution >= 0.6 is 0 Å². The number of rotatable bonds is 7. The van der Waals surface area contributed by atoms with Gasteiger partial charge in [-0.15, -0.1) is 0 Å². The van der Waals surface area contributed by atoms with Gasteiger partial charge in [0.05, 0.1) is 5.56 Å². The van der Waals surface area contributed by atoms with Crippen LogP contribution in [0.4, 0.5) is 13.2 Å². The molecule has 18 heavy (non-hydrogen) atoms. The van der Waals surface area contributed by atoms with Gasteiger partial charge in [-0.25, -0.2) is 0 Å². The van der Waals surface area contributed by atoms with Gasteiger partial charge in [0, 0.05) is 0 Å². The average Bonchev–Trinajstić information content (AvgIpc) is 2.33. The van der Waals surface area contributed by atoms with Crippen LogP contribution in [0.2, 0.25) is 0 Å². The smallest absolute Gasteiger partial charge is 0.166 e. The molecule has 3 heteroatoms. The second kappa shape index (κ2) is 7.45. The van der Waals surface area contributed by atoms with Crippen molar-refractivity contribution in [1.82, 2.24) is 0 Å². The van der Waals surface area contributed by atoms with Gasteiger partial charge in [-0.3, -0.25) is 0 Å². The fraction of sp³-hybridized carbons (Fsp3) is 0.600. The highest BCUT2D eigenvalue weighted by molar-refractivity contribution is 5.25. The van der Waals surface area contributed by atoms with Gasteiger partial charge in [-0.1, -0.05) is 57.2 Å². The van der Waals surface area contributed by atoms with Crippen molar-refractivity contribution in [1.29, 1.82) is 0 Å². The van der Waals surface area contributed by atoms with Crippen molar-refractivity contribution in [3.05, 3.63) is 35.4 Å². The molecule has 0 saturated heterocycles. The number of hydrogen-bond acceptors (Lipinski definition) is 0. The quantitative estimate of drug-likeness (QED) is 0.558. The molecule has 0 atom stereocenters. The zero-order chi connectivity index (χ0) is 13.4. The Morgan fingerprint density at radius 1 is 0.944 bits per heavy atom. The summed E-state index contributed by atoms with van der Waals surface area (Å²) in [4.78, 5) is 0. The van der Waals surface area contributed by atoms with Crippen LogP contribution in [0, 0.1) is 0 Å². The number of benzene rings is 1. The molecule has 0 amide bonds. The Bertz CT molecular complexity index is 342. The SMILES string of the molecule is CCCCCCCCc1cccc(C(F)(F)F)c1. The molecule has 0 N–H and O–H groups in total. The van der Waals surface area contributed by atoms with Crippen molar-refractivity contribution in [3.63, 3.8) is 0 Å². The molecule has 0 heterocycles. The number of aryl methyl sites for hydroxylation is 1. The van der Waals surface area contributed by atoms with Gasteiger partial charge in [0.15, 0.2) is 0 Å². The zero-order valence-electron chi connectivity index (χ0n) is 10.9. The Kier molecular flexibility index (Phi) is 6.23. The Morgan fingerprint density at radius 3 is 2.28 bits per heavy atom. The standard InChI is InChI=1S/C15H21F3/c1-2-3-4-5-6-7-9-13-10-8-11-14(12-13)15(16,17)18/h8,10-12H,2-7,9H2,1H3. The summed E-state index contributed by atoms with van der Waals surface area (Å²) in [7, 11) is 0. The summed E-state index contributed by atoms with van der Waals surface area (Å²) in [5.74, 6) is 0. The molecule has 0 saturated carbocycles. The Morgan fingerprint density at radius 2 is 1.61 bits per heavy atom. The average molecular weight is 258 g/mol. The Balaban J connectivity index is 2.34. The van der Waals surface area contributed by atoms with Gasteiger partial charge in [0.25, 0.3) is 0 Å². The zero-order valence-corrected chi connectivity index (χ0v) is 10.9. The molecule has 0 spiro atoms. The third kappa shape index (κ3) is 5.56. The normalized spacial score (nSPS) is 11.8. The highest BCUT2D eigenvalue weighted by Crippen LogP contribution is 2.29. The number of alkyl halides is 3. The lowest BCUT2D eigenvalue weighted by Crippen LogP contribution is -2.05. The van der Waals surface area contributed by atoms with E-state index >= 15 is 0 Å². The van der Waals surface area contributed by atoms with Crippen molar-refractivity contribution < 1.29 is 13.2 Å². The molecule has 1 aromatic rings. The summed E-state index contributed by atoms with van der Waals surface area (Å²) >= 11 is 0. The molecular weight excluding hydrogens is 237 g/mol. The predicted octanol–water partition coefficient (Wildman–Crippen LogP) is 5.61. The first-order valence-electron chi connectivity index (χ1n) is 6.70. The van der Waals surface area contributed by atoms with Crippen molar-refractivity contribution in [2.24, 2.45) is 0 Å². The number of unbranched alkanes of at least 4 members (excludes halogenated alkanes) is 5. The minimum atomic E-state index is -4.23. The van der Waals surface area contributed by atoms with E-state index in [-0.39, 0.29) is 0 Å². The van der Waals surface area contributed by atoms with Crippen LogP contribution in [0.15, 0.2) is 24.3 Å². The fourth-order valence-corrected chi connectivity index (χ4v) is 2.01. The molecule has 0 nitrogen and oxygen atoms in total. The maximum Gasteiger partial charge on any atom is 0.416 e. The summed E-state index contributed by atoms with van der Waals surface area (Å²) in [6.45, 7) is 2.17. The summed E-state index contributed by atoms with van der Waals surface area (Å²) in [5, 5.41) is 0. The molecule has 0 aliphatic heterocycles. The van der Waals surface area contributed by atoms with Crippen molar-refractivity contribution in [3.8, 4) is 0 Å². The molecule has 0 radical (unpaired) electrons. The van der Waals surface area contributed by atoms with Gasteiger partial charge in [0.1, 0.15) is 0 Å². The third-order valence-electron chi connectivity index (χ3n) is 3.07. The first-order chi connectivity index (χ1) is 8.54. The molecule has 1 rings (SSSR count). The third-order valence-corrected chi connectivity index (χ3v) is 3.07. The second-order valence-electron chi connectivity index (χ2n) is 4.72. The summed E-state index contributed by atoms with van der Waals surface area (Å²) in [6.07, 6.45) is 3.50. The molecule has 0 aliphatic rings. The number of hydrogen-bond donors (Lipinski definition) is 0. The van der Waals surface area contributed by atoms with Crippen LogP contribution in [0.1, 0.15) is 56.6 Å². The highest BCUT2D eigenvalue weighted by atomic mass is 19.4. The minimum absolute atomic E-state index is 0.536. The number of halogens is 3. The van der Waals surface area contributed by atoms with E-state index in [0.29, 0.717) is 0 Å². The molecular formula is C15H21F3. The lowest BCUT2D eigenvalue weighted by molar-refractivity contribution is -0.137. The maximum absolute atomic E-state index is 12.5. The predicted molar refractivity (Wildman–Crippen MR) is 68.5 cm³/mol. The van der Waals surface area contributed by atoms with Crippen LogP contribution in [0.25, 0.3) is 0 Å². The minimum Gasteiger partial charge on any atom is -0.166 e. The van der Waals surface area contributed by atoms with Gasteiger partial charge in [0.2, 0.25) is 0 Å². The fourth-order valence-electron chi connectivity index (χ4n) is 2.01. The van der Waals surface area contributed by atoms with E-state index in [9.17, 15) is 13.2 Å². The van der Waals surface area contributed by atoms with E-state index in [1.165, 1.54) is 37.8 Å². The summed E-state index contributed by atoms with van der Waals surface area (Å²) < 4.78 is 37.5. The van der Waals surface area contributed by atoms with Crippen molar-refractivity contribution in [2.45, 2.75) is 58.0 Å². The molecule has 0 aromatic heterocycles. The van der Waals surface area contributed by atoms with Gasteiger partial charge < -0.3 is 0 Å². The lowest BCUT2D eigenvalue weighted by Gasteiger charge is -2.08. The topological polar surface area (TPSA) is 0 Å². The monoisotopic (exact) mass is 258 g/mol. The van der Waals surface area contributed by atoms with Gasteiger partial charge in [-0.05, 0) is 24.5 Å². The Hall–Kier alpha value is -0.990. The molecule has 0 unspecified atom stereocenters. The largest absolute Gasteiger partial charge is 0.416 e. The van der Waals surface area contributed by atoms with Crippen LogP contribution in [0.5, 0.6) is 0 Å². The summed E-state index contributed by atoms with van der Waals surface area (Å²) in [6, 6.07) is 5.67. The van der Waals surface area contributed by atoms with Crippen LogP contribution < -0.4 is 0 Å². The van der Waals surface area contributed by atoms with Gasteiger partial charge in [-0.2, -0.15) is 13.2 Å². The van der Waals surface area contributed by atoms with E-state index in [1.807, 2.05) is 0 Å². The second-order valence-corrected chi connectivity index (χ2v) is 4.72.